The highest BCUT2D eigenvalue weighted by molar-refractivity contribution is 6.30. The largest absolute Gasteiger partial charge is 0.365 e. The summed E-state index contributed by atoms with van der Waals surface area (Å²) in [6.07, 6.45) is 6.64. The molecule has 0 bridgehead atoms. The van der Waals surface area contributed by atoms with Gasteiger partial charge in [0, 0.05) is 37.2 Å². The maximum absolute atomic E-state index is 13.1. The van der Waals surface area contributed by atoms with Gasteiger partial charge in [-0.2, -0.15) is 5.10 Å². The Balaban J connectivity index is 1.21. The molecule has 30 heavy (non-hydrogen) atoms. The summed E-state index contributed by atoms with van der Waals surface area (Å²) in [7, 11) is 0. The van der Waals surface area contributed by atoms with Crippen LogP contribution >= 0.6 is 11.6 Å². The van der Waals surface area contributed by atoms with Crippen molar-refractivity contribution in [2.75, 3.05) is 26.2 Å². The summed E-state index contributed by atoms with van der Waals surface area (Å²) in [4.78, 5) is 17.6. The van der Waals surface area contributed by atoms with Crippen LogP contribution in [0.4, 0.5) is 0 Å². The van der Waals surface area contributed by atoms with Gasteiger partial charge in [0.05, 0.1) is 18.8 Å². The number of nitrogens with zero attached hydrogens (tertiary/aromatic N) is 4. The van der Waals surface area contributed by atoms with E-state index in [1.807, 2.05) is 39.9 Å². The van der Waals surface area contributed by atoms with Crippen LogP contribution in [-0.4, -0.2) is 57.7 Å². The van der Waals surface area contributed by atoms with Crippen LogP contribution in [0.5, 0.6) is 0 Å². The summed E-state index contributed by atoms with van der Waals surface area (Å²) in [5, 5.41) is 5.35. The standard InChI is InChI=1S/C23H29ClN4O2/c24-18-8-6-17(7-9-18)22-15-28-20(16-30-22)14-21(25-28)23(29)27-12-10-26(11-13-27)19-4-2-1-3-5-19/h6-9,14,19,22H,1-5,10-13,15-16H2/t22-/m1/s1. The lowest BCUT2D eigenvalue weighted by Crippen LogP contribution is -2.52. The molecule has 0 radical (unpaired) electrons. The fourth-order valence-electron chi connectivity index (χ4n) is 5.01. The van der Waals surface area contributed by atoms with E-state index in [1.54, 1.807) is 0 Å². The number of aromatic nitrogens is 2. The van der Waals surface area contributed by atoms with Crippen LogP contribution in [0.3, 0.4) is 0 Å². The molecule has 1 aromatic carbocycles. The van der Waals surface area contributed by atoms with E-state index in [1.165, 1.54) is 32.1 Å². The predicted octanol–water partition coefficient (Wildman–Crippen LogP) is 3.90. The lowest BCUT2D eigenvalue weighted by atomic mass is 9.94. The van der Waals surface area contributed by atoms with Gasteiger partial charge in [0.2, 0.25) is 0 Å². The van der Waals surface area contributed by atoms with Gasteiger partial charge in [-0.05, 0) is 36.6 Å². The van der Waals surface area contributed by atoms with E-state index in [0.29, 0.717) is 23.9 Å². The van der Waals surface area contributed by atoms with Crippen molar-refractivity contribution >= 4 is 17.5 Å². The molecule has 1 aliphatic carbocycles. The highest BCUT2D eigenvalue weighted by atomic mass is 35.5. The van der Waals surface area contributed by atoms with Gasteiger partial charge in [-0.1, -0.05) is 43.0 Å². The first-order chi connectivity index (χ1) is 14.7. The number of halogens is 1. The molecule has 0 N–H and O–H groups in total. The molecule has 2 fully saturated rings. The lowest BCUT2D eigenvalue weighted by Gasteiger charge is -2.40. The molecule has 5 rings (SSSR count). The van der Waals surface area contributed by atoms with Crippen molar-refractivity contribution in [3.05, 3.63) is 52.3 Å². The summed E-state index contributed by atoms with van der Waals surface area (Å²) in [6.45, 7) is 4.61. The molecule has 2 aliphatic heterocycles. The van der Waals surface area contributed by atoms with Crippen LogP contribution in [-0.2, 0) is 17.9 Å². The molecule has 1 aromatic heterocycles. The normalized spacial score (nSPS) is 23.4. The van der Waals surface area contributed by atoms with E-state index in [-0.39, 0.29) is 12.0 Å². The zero-order chi connectivity index (χ0) is 20.5. The Kier molecular flexibility index (Phi) is 5.81. The third-order valence-electron chi connectivity index (χ3n) is 6.79. The Morgan fingerprint density at radius 3 is 2.50 bits per heavy atom. The molecule has 0 unspecified atom stereocenters. The number of ether oxygens (including phenoxy) is 1. The minimum absolute atomic E-state index is 0.0447. The number of carbonyl (C=O) groups excluding carboxylic acids is 1. The third kappa shape index (κ3) is 4.13. The SMILES string of the molecule is O=C(c1cc2n(n1)C[C@H](c1ccc(Cl)cc1)OC2)N1CCN(C2CCCCC2)CC1. The van der Waals surface area contributed by atoms with E-state index in [9.17, 15) is 4.79 Å². The Morgan fingerprint density at radius 1 is 1.03 bits per heavy atom. The summed E-state index contributed by atoms with van der Waals surface area (Å²) in [5.74, 6) is 0.0447. The van der Waals surface area contributed by atoms with Gasteiger partial charge in [-0.15, -0.1) is 0 Å². The van der Waals surface area contributed by atoms with Crippen molar-refractivity contribution < 1.29 is 9.53 Å². The zero-order valence-corrected chi connectivity index (χ0v) is 18.1. The van der Waals surface area contributed by atoms with Crippen LogP contribution in [0, 0.1) is 0 Å². The van der Waals surface area contributed by atoms with Crippen LogP contribution in [0.15, 0.2) is 30.3 Å². The molecule has 0 spiro atoms. The molecule has 6 nitrogen and oxygen atoms in total. The van der Waals surface area contributed by atoms with Crippen molar-refractivity contribution in [3.8, 4) is 0 Å². The Bertz CT molecular complexity index is 883. The molecule has 160 valence electrons. The van der Waals surface area contributed by atoms with E-state index >= 15 is 0 Å². The highest BCUT2D eigenvalue weighted by Crippen LogP contribution is 2.28. The number of hydrogen-bond acceptors (Lipinski definition) is 4. The van der Waals surface area contributed by atoms with E-state index in [0.717, 1.165) is 43.5 Å². The predicted molar refractivity (Wildman–Crippen MR) is 116 cm³/mol. The summed E-state index contributed by atoms with van der Waals surface area (Å²) < 4.78 is 7.94. The third-order valence-corrected chi connectivity index (χ3v) is 7.04. The molecule has 7 heteroatoms. The lowest BCUT2D eigenvalue weighted by molar-refractivity contribution is -0.00123. The fourth-order valence-corrected chi connectivity index (χ4v) is 5.13. The molecule has 3 aliphatic rings. The summed E-state index contributed by atoms with van der Waals surface area (Å²) in [5.41, 5.74) is 2.58. The Hall–Kier alpha value is -1.89. The number of rotatable bonds is 3. The maximum atomic E-state index is 13.1. The molecule has 1 amide bonds. The molecule has 1 atom stereocenters. The van der Waals surface area contributed by atoms with Crippen LogP contribution in [0.1, 0.15) is 60.0 Å². The van der Waals surface area contributed by atoms with Gasteiger partial charge in [0.25, 0.3) is 5.91 Å². The van der Waals surface area contributed by atoms with E-state index in [4.69, 9.17) is 16.3 Å². The van der Waals surface area contributed by atoms with Gasteiger partial charge in [0.15, 0.2) is 5.69 Å². The fraction of sp³-hybridized carbons (Fsp3) is 0.565. The zero-order valence-electron chi connectivity index (χ0n) is 17.3. The first-order valence-electron chi connectivity index (χ1n) is 11.1. The van der Waals surface area contributed by atoms with E-state index in [2.05, 4.69) is 10.00 Å². The molecule has 3 heterocycles. The van der Waals surface area contributed by atoms with Gasteiger partial charge in [-0.3, -0.25) is 14.4 Å². The van der Waals surface area contributed by atoms with Crippen molar-refractivity contribution in [1.82, 2.24) is 19.6 Å². The average Bonchev–Trinajstić information content (AvgIpc) is 3.23. The molecular formula is C23H29ClN4O2. The van der Waals surface area contributed by atoms with E-state index < -0.39 is 0 Å². The Labute approximate surface area is 182 Å². The maximum Gasteiger partial charge on any atom is 0.274 e. The van der Waals surface area contributed by atoms with Crippen LogP contribution in [0.25, 0.3) is 0 Å². The second kappa shape index (κ2) is 8.69. The second-order valence-electron chi connectivity index (χ2n) is 8.67. The number of hydrogen-bond donors (Lipinski definition) is 0. The molecule has 1 saturated carbocycles. The summed E-state index contributed by atoms with van der Waals surface area (Å²) in [6, 6.07) is 10.3. The Morgan fingerprint density at radius 2 is 1.77 bits per heavy atom. The average molecular weight is 429 g/mol. The topological polar surface area (TPSA) is 50.6 Å². The highest BCUT2D eigenvalue weighted by Gasteiger charge is 2.30. The second-order valence-corrected chi connectivity index (χ2v) is 9.11. The first kappa shape index (κ1) is 20.0. The minimum Gasteiger partial charge on any atom is -0.365 e. The summed E-state index contributed by atoms with van der Waals surface area (Å²) >= 11 is 5.99. The van der Waals surface area contributed by atoms with Gasteiger partial charge >= 0.3 is 0 Å². The minimum atomic E-state index is -0.0725. The van der Waals surface area contributed by atoms with Crippen LogP contribution in [0.2, 0.25) is 5.02 Å². The quantitative estimate of drug-likeness (QED) is 0.744. The molecule has 2 aromatic rings. The van der Waals surface area contributed by atoms with Gasteiger partial charge < -0.3 is 9.64 Å². The monoisotopic (exact) mass is 428 g/mol. The van der Waals surface area contributed by atoms with Crippen molar-refractivity contribution in [3.63, 3.8) is 0 Å². The number of fused-ring (bicyclic) bond motifs is 1. The van der Waals surface area contributed by atoms with Crippen LogP contribution < -0.4 is 0 Å². The number of carbonyl (C=O) groups is 1. The first-order valence-corrected chi connectivity index (χ1v) is 11.5. The van der Waals surface area contributed by atoms with Crippen molar-refractivity contribution in [1.29, 1.82) is 0 Å². The van der Waals surface area contributed by atoms with Crippen molar-refractivity contribution in [2.45, 2.75) is 57.4 Å². The number of benzene rings is 1. The molecular weight excluding hydrogens is 400 g/mol. The van der Waals surface area contributed by atoms with Gasteiger partial charge in [0.1, 0.15) is 6.10 Å². The van der Waals surface area contributed by atoms with Crippen molar-refractivity contribution in [2.24, 2.45) is 0 Å². The van der Waals surface area contributed by atoms with Gasteiger partial charge in [-0.25, -0.2) is 0 Å². The molecule has 1 saturated heterocycles. The number of amides is 1. The number of piperazine rings is 1. The smallest absolute Gasteiger partial charge is 0.274 e.